The molecule has 1 aliphatic heterocycles. The number of fused-ring (bicyclic) bond motifs is 1. The average molecular weight is 459 g/mol. The summed E-state index contributed by atoms with van der Waals surface area (Å²) in [5, 5.41) is 1.93. The Morgan fingerprint density at radius 2 is 1.76 bits per heavy atom. The van der Waals surface area contributed by atoms with Gasteiger partial charge in [-0.3, -0.25) is 19.6 Å². The second-order valence-electron chi connectivity index (χ2n) is 9.19. The largest absolute Gasteiger partial charge is 0.368 e. The maximum absolute atomic E-state index is 13.5. The van der Waals surface area contributed by atoms with Gasteiger partial charge in [0.05, 0.1) is 18.4 Å². The Kier molecular flexibility index (Phi) is 6.81. The molecule has 7 nitrogen and oxygen atoms in total. The summed E-state index contributed by atoms with van der Waals surface area (Å²) in [5.41, 5.74) is 1.18. The molecule has 2 aliphatic rings. The third-order valence-electron chi connectivity index (χ3n) is 6.82. The molecule has 0 spiro atoms. The minimum atomic E-state index is -0.292. The summed E-state index contributed by atoms with van der Waals surface area (Å²) >= 11 is 0. The normalized spacial score (nSPS) is 19.9. The molecular formula is C27H30N4O3. The molecule has 5 rings (SSSR count). The van der Waals surface area contributed by atoms with Crippen LogP contribution in [0.5, 0.6) is 0 Å². The van der Waals surface area contributed by atoms with Crippen molar-refractivity contribution in [2.75, 3.05) is 19.6 Å². The van der Waals surface area contributed by atoms with Crippen molar-refractivity contribution in [2.24, 2.45) is 0 Å². The summed E-state index contributed by atoms with van der Waals surface area (Å²) in [6, 6.07) is 15.6. The molecule has 1 atom stereocenters. The van der Waals surface area contributed by atoms with Gasteiger partial charge >= 0.3 is 0 Å². The van der Waals surface area contributed by atoms with Crippen LogP contribution in [0.15, 0.2) is 60.9 Å². The van der Waals surface area contributed by atoms with E-state index in [0.29, 0.717) is 25.4 Å². The molecule has 1 aromatic carbocycles. The van der Waals surface area contributed by atoms with Gasteiger partial charge in [0.1, 0.15) is 12.2 Å². The lowest BCUT2D eigenvalue weighted by Gasteiger charge is -2.34. The van der Waals surface area contributed by atoms with E-state index in [2.05, 4.69) is 9.97 Å². The first kappa shape index (κ1) is 22.5. The molecule has 0 N–H and O–H groups in total. The van der Waals surface area contributed by atoms with Crippen LogP contribution in [0, 0.1) is 0 Å². The predicted molar refractivity (Wildman–Crippen MR) is 129 cm³/mol. The lowest BCUT2D eigenvalue weighted by Crippen LogP contribution is -2.46. The van der Waals surface area contributed by atoms with Crippen LogP contribution in [-0.4, -0.2) is 63.4 Å². The number of nitrogens with zero attached hydrogens (tertiary/aromatic N) is 4. The van der Waals surface area contributed by atoms with Crippen LogP contribution < -0.4 is 0 Å². The lowest BCUT2D eigenvalue weighted by molar-refractivity contribution is -0.134. The number of rotatable bonds is 5. The Morgan fingerprint density at radius 3 is 2.56 bits per heavy atom. The van der Waals surface area contributed by atoms with E-state index in [4.69, 9.17) is 4.74 Å². The van der Waals surface area contributed by atoms with Crippen LogP contribution in [0.3, 0.4) is 0 Å². The molecule has 0 unspecified atom stereocenters. The van der Waals surface area contributed by atoms with E-state index in [9.17, 15) is 9.59 Å². The fourth-order valence-electron chi connectivity index (χ4n) is 5.00. The summed E-state index contributed by atoms with van der Waals surface area (Å²) in [7, 11) is 0. The van der Waals surface area contributed by atoms with Crippen molar-refractivity contribution in [3.8, 4) is 0 Å². The van der Waals surface area contributed by atoms with Gasteiger partial charge in [-0.25, -0.2) is 0 Å². The van der Waals surface area contributed by atoms with Gasteiger partial charge in [-0.15, -0.1) is 0 Å². The number of hydrogen-bond donors (Lipinski definition) is 0. The molecule has 2 amide bonds. The summed E-state index contributed by atoms with van der Waals surface area (Å²) in [4.78, 5) is 39.1. The van der Waals surface area contributed by atoms with Crippen molar-refractivity contribution in [1.29, 1.82) is 0 Å². The third-order valence-corrected chi connectivity index (χ3v) is 6.82. The van der Waals surface area contributed by atoms with E-state index in [-0.39, 0.29) is 30.5 Å². The second-order valence-corrected chi connectivity index (χ2v) is 9.19. The number of aromatic nitrogens is 2. The number of amides is 2. The molecule has 7 heteroatoms. The highest BCUT2D eigenvalue weighted by Gasteiger charge is 2.35. The molecule has 3 aromatic rings. The van der Waals surface area contributed by atoms with E-state index < -0.39 is 0 Å². The molecule has 34 heavy (non-hydrogen) atoms. The fourth-order valence-corrected chi connectivity index (χ4v) is 5.00. The molecule has 1 aliphatic carbocycles. The van der Waals surface area contributed by atoms with Crippen LogP contribution in [0.1, 0.15) is 48.3 Å². The monoisotopic (exact) mass is 458 g/mol. The van der Waals surface area contributed by atoms with Crippen molar-refractivity contribution < 1.29 is 14.3 Å². The highest BCUT2D eigenvalue weighted by atomic mass is 16.5. The Bertz CT molecular complexity index is 1150. The van der Waals surface area contributed by atoms with Gasteiger partial charge in [-0.2, -0.15) is 0 Å². The van der Waals surface area contributed by atoms with Crippen LogP contribution in [0.2, 0.25) is 0 Å². The lowest BCUT2D eigenvalue weighted by atomic mass is 9.94. The average Bonchev–Trinajstić information content (AvgIpc) is 3.06. The highest BCUT2D eigenvalue weighted by molar-refractivity contribution is 5.98. The van der Waals surface area contributed by atoms with E-state index in [1.165, 1.54) is 6.42 Å². The third kappa shape index (κ3) is 5.09. The molecule has 2 aromatic heterocycles. The van der Waals surface area contributed by atoms with Crippen LogP contribution in [-0.2, 0) is 16.1 Å². The Morgan fingerprint density at radius 1 is 0.971 bits per heavy atom. The van der Waals surface area contributed by atoms with E-state index in [1.807, 2.05) is 47.4 Å². The first-order valence-electron chi connectivity index (χ1n) is 12.1. The van der Waals surface area contributed by atoms with Crippen LogP contribution in [0.25, 0.3) is 10.8 Å². The van der Waals surface area contributed by atoms with E-state index in [0.717, 1.165) is 42.1 Å². The van der Waals surface area contributed by atoms with Crippen molar-refractivity contribution in [1.82, 2.24) is 19.8 Å². The molecular weight excluding hydrogens is 428 g/mol. The van der Waals surface area contributed by atoms with Gasteiger partial charge in [0.15, 0.2) is 0 Å². The molecule has 176 valence electrons. The van der Waals surface area contributed by atoms with E-state index in [1.54, 1.807) is 23.4 Å². The first-order chi connectivity index (χ1) is 16.7. The quantitative estimate of drug-likeness (QED) is 0.581. The minimum Gasteiger partial charge on any atom is -0.368 e. The zero-order valence-corrected chi connectivity index (χ0v) is 19.3. The van der Waals surface area contributed by atoms with Crippen molar-refractivity contribution in [2.45, 2.75) is 50.9 Å². The van der Waals surface area contributed by atoms with Gasteiger partial charge in [-0.1, -0.05) is 49.6 Å². The fraction of sp³-hybridized carbons (Fsp3) is 0.407. The SMILES string of the molecule is O=C(c1cc2ccccc2cn1)N1CC(=O)N(C2CCCCC2)C[C@H](OCc2ccccn2)C1. The molecule has 1 saturated carbocycles. The first-order valence-corrected chi connectivity index (χ1v) is 12.1. The number of carbonyl (C=O) groups excluding carboxylic acids is 2. The maximum Gasteiger partial charge on any atom is 0.273 e. The van der Waals surface area contributed by atoms with Crippen LogP contribution >= 0.6 is 0 Å². The zero-order chi connectivity index (χ0) is 23.3. The molecule has 1 saturated heterocycles. The van der Waals surface area contributed by atoms with Gasteiger partial charge in [0.2, 0.25) is 5.91 Å². The van der Waals surface area contributed by atoms with E-state index >= 15 is 0 Å². The summed E-state index contributed by atoms with van der Waals surface area (Å²) in [6.07, 6.45) is 8.68. The summed E-state index contributed by atoms with van der Waals surface area (Å²) in [6.45, 7) is 1.22. The number of hydrogen-bond acceptors (Lipinski definition) is 5. The maximum atomic E-state index is 13.5. The highest BCUT2D eigenvalue weighted by Crippen LogP contribution is 2.25. The molecule has 2 fully saturated rings. The van der Waals surface area contributed by atoms with Gasteiger partial charge in [0.25, 0.3) is 5.91 Å². The Hall–Kier alpha value is -3.32. The van der Waals surface area contributed by atoms with Gasteiger partial charge < -0.3 is 14.5 Å². The van der Waals surface area contributed by atoms with Crippen LogP contribution in [0.4, 0.5) is 0 Å². The second kappa shape index (κ2) is 10.3. The predicted octanol–water partition coefficient (Wildman–Crippen LogP) is 3.83. The number of ether oxygens (including phenoxy) is 1. The molecule has 0 radical (unpaired) electrons. The smallest absolute Gasteiger partial charge is 0.273 e. The van der Waals surface area contributed by atoms with Gasteiger partial charge in [0, 0.05) is 36.9 Å². The standard InChI is InChI=1S/C27H30N4O3/c32-26-18-30(27(33)25-14-20-8-4-5-9-21(20)15-29-25)16-24(34-19-22-10-6-7-13-28-22)17-31(26)23-11-2-1-3-12-23/h4-10,13-15,23-24H,1-3,11-12,16-19H2/t24-/m1/s1. The van der Waals surface area contributed by atoms with Crippen molar-refractivity contribution in [3.05, 3.63) is 72.3 Å². The van der Waals surface area contributed by atoms with Crippen molar-refractivity contribution >= 4 is 22.6 Å². The Balaban J connectivity index is 1.38. The number of pyridine rings is 2. The minimum absolute atomic E-state index is 0.00928. The number of benzene rings is 1. The van der Waals surface area contributed by atoms with Gasteiger partial charge in [-0.05, 0) is 36.4 Å². The summed E-state index contributed by atoms with van der Waals surface area (Å²) in [5.74, 6) is -0.249. The zero-order valence-electron chi connectivity index (χ0n) is 19.3. The van der Waals surface area contributed by atoms with Crippen molar-refractivity contribution in [3.63, 3.8) is 0 Å². The topological polar surface area (TPSA) is 75.6 Å². The Labute approximate surface area is 199 Å². The molecule has 3 heterocycles. The number of carbonyl (C=O) groups is 2. The molecule has 0 bridgehead atoms. The summed E-state index contributed by atoms with van der Waals surface area (Å²) < 4.78 is 6.23.